The largest absolute Gasteiger partial charge is 0.330 e. The molecule has 0 amide bonds. The van der Waals surface area contributed by atoms with Gasteiger partial charge in [-0.25, -0.2) is 0 Å². The second-order valence-corrected chi connectivity index (χ2v) is 7.71. The molecule has 0 atom stereocenters. The third-order valence-electron chi connectivity index (χ3n) is 3.73. The quantitative estimate of drug-likeness (QED) is 0.686. The fraction of sp³-hybridized carbons (Fsp3) is 0.263. The van der Waals surface area contributed by atoms with Crippen LogP contribution in [0.5, 0.6) is 0 Å². The molecular formula is C19H21N3S. The van der Waals surface area contributed by atoms with E-state index in [4.69, 9.17) is 0 Å². The van der Waals surface area contributed by atoms with E-state index in [0.717, 1.165) is 21.4 Å². The Bertz CT molecular complexity index is 781. The molecule has 0 spiro atoms. The summed E-state index contributed by atoms with van der Waals surface area (Å²) in [6.07, 6.45) is 0. The van der Waals surface area contributed by atoms with Crippen molar-refractivity contribution in [1.29, 1.82) is 0 Å². The van der Waals surface area contributed by atoms with Gasteiger partial charge in [0.25, 0.3) is 0 Å². The van der Waals surface area contributed by atoms with Crippen molar-refractivity contribution in [3.63, 3.8) is 0 Å². The number of rotatable bonds is 3. The first kappa shape index (κ1) is 15.7. The van der Waals surface area contributed by atoms with Crippen LogP contribution in [0.15, 0.2) is 48.5 Å². The molecule has 0 saturated carbocycles. The highest BCUT2D eigenvalue weighted by molar-refractivity contribution is 7.18. The van der Waals surface area contributed by atoms with Crippen molar-refractivity contribution in [3.8, 4) is 10.6 Å². The lowest BCUT2D eigenvalue weighted by Crippen LogP contribution is -2.10. The average Bonchev–Trinajstić information content (AvgIpc) is 2.97. The molecule has 0 fully saturated rings. The second-order valence-electron chi connectivity index (χ2n) is 6.73. The van der Waals surface area contributed by atoms with E-state index < -0.39 is 0 Å². The summed E-state index contributed by atoms with van der Waals surface area (Å²) >= 11 is 1.57. The lowest BCUT2D eigenvalue weighted by atomic mass is 9.87. The van der Waals surface area contributed by atoms with Gasteiger partial charge in [-0.1, -0.05) is 74.1 Å². The molecule has 3 aromatic rings. The van der Waals surface area contributed by atoms with Gasteiger partial charge in [-0.3, -0.25) is 0 Å². The van der Waals surface area contributed by atoms with E-state index in [-0.39, 0.29) is 5.41 Å². The van der Waals surface area contributed by atoms with Crippen LogP contribution in [-0.2, 0) is 5.41 Å². The van der Waals surface area contributed by atoms with Gasteiger partial charge in [-0.2, -0.15) is 0 Å². The predicted molar refractivity (Wildman–Crippen MR) is 98.5 cm³/mol. The molecule has 3 rings (SSSR count). The summed E-state index contributed by atoms with van der Waals surface area (Å²) < 4.78 is 0. The maximum absolute atomic E-state index is 4.30. The van der Waals surface area contributed by atoms with Crippen LogP contribution < -0.4 is 5.32 Å². The molecule has 23 heavy (non-hydrogen) atoms. The first-order valence-electron chi connectivity index (χ1n) is 7.70. The standard InChI is InChI=1S/C19H21N3S/c1-13-5-11-16(12-6-13)20-18-22-21-17(23-18)14-7-9-15(10-8-14)19(2,3)4/h5-12H,1-4H3,(H,20,22). The van der Waals surface area contributed by atoms with Crippen LogP contribution in [-0.4, -0.2) is 10.2 Å². The Morgan fingerprint density at radius 3 is 2.13 bits per heavy atom. The summed E-state index contributed by atoms with van der Waals surface area (Å²) in [7, 11) is 0. The molecule has 0 aliphatic heterocycles. The van der Waals surface area contributed by atoms with Crippen molar-refractivity contribution >= 4 is 22.2 Å². The van der Waals surface area contributed by atoms with Gasteiger partial charge in [-0.15, -0.1) is 10.2 Å². The van der Waals surface area contributed by atoms with Gasteiger partial charge in [0.1, 0.15) is 5.01 Å². The molecule has 0 unspecified atom stereocenters. The smallest absolute Gasteiger partial charge is 0.210 e. The molecule has 0 radical (unpaired) electrons. The molecule has 0 aliphatic rings. The van der Waals surface area contributed by atoms with Crippen molar-refractivity contribution < 1.29 is 0 Å². The first-order valence-corrected chi connectivity index (χ1v) is 8.51. The molecule has 118 valence electrons. The van der Waals surface area contributed by atoms with Gasteiger partial charge in [0, 0.05) is 11.3 Å². The second kappa shape index (κ2) is 6.13. The van der Waals surface area contributed by atoms with Crippen LogP contribution in [0.1, 0.15) is 31.9 Å². The SMILES string of the molecule is Cc1ccc(Nc2nnc(-c3ccc(C(C)(C)C)cc3)s2)cc1. The van der Waals surface area contributed by atoms with E-state index in [1.807, 2.05) is 0 Å². The maximum Gasteiger partial charge on any atom is 0.210 e. The predicted octanol–water partition coefficient (Wildman–Crippen LogP) is 5.55. The Morgan fingerprint density at radius 1 is 0.870 bits per heavy atom. The lowest BCUT2D eigenvalue weighted by Gasteiger charge is -2.18. The van der Waals surface area contributed by atoms with Crippen LogP contribution in [0.4, 0.5) is 10.8 Å². The van der Waals surface area contributed by atoms with E-state index in [0.29, 0.717) is 0 Å². The highest BCUT2D eigenvalue weighted by atomic mass is 32.1. The van der Waals surface area contributed by atoms with Gasteiger partial charge >= 0.3 is 0 Å². The van der Waals surface area contributed by atoms with Crippen LogP contribution in [0.3, 0.4) is 0 Å². The van der Waals surface area contributed by atoms with Crippen LogP contribution in [0.2, 0.25) is 0 Å². The van der Waals surface area contributed by atoms with Crippen molar-refractivity contribution in [2.75, 3.05) is 5.32 Å². The fourth-order valence-corrected chi connectivity index (χ4v) is 3.03. The zero-order valence-corrected chi connectivity index (χ0v) is 14.7. The topological polar surface area (TPSA) is 37.8 Å². The maximum atomic E-state index is 4.30. The number of hydrogen-bond acceptors (Lipinski definition) is 4. The molecule has 2 aromatic carbocycles. The number of nitrogens with zero attached hydrogens (tertiary/aromatic N) is 2. The number of hydrogen-bond donors (Lipinski definition) is 1. The number of benzene rings is 2. The fourth-order valence-electron chi connectivity index (χ4n) is 2.26. The molecule has 3 nitrogen and oxygen atoms in total. The van der Waals surface area contributed by atoms with Gasteiger partial charge in [0.15, 0.2) is 0 Å². The third-order valence-corrected chi connectivity index (χ3v) is 4.61. The van der Waals surface area contributed by atoms with E-state index >= 15 is 0 Å². The van der Waals surface area contributed by atoms with Crippen LogP contribution >= 0.6 is 11.3 Å². The van der Waals surface area contributed by atoms with E-state index in [1.54, 1.807) is 11.3 Å². The first-order chi connectivity index (χ1) is 10.9. The highest BCUT2D eigenvalue weighted by Gasteiger charge is 2.14. The van der Waals surface area contributed by atoms with Gasteiger partial charge < -0.3 is 5.32 Å². The summed E-state index contributed by atoms with van der Waals surface area (Å²) in [6.45, 7) is 8.73. The number of aryl methyl sites for hydroxylation is 1. The summed E-state index contributed by atoms with van der Waals surface area (Å²) in [4.78, 5) is 0. The molecule has 0 bridgehead atoms. The number of nitrogens with one attached hydrogen (secondary N) is 1. The molecule has 1 N–H and O–H groups in total. The Hall–Kier alpha value is -2.20. The summed E-state index contributed by atoms with van der Waals surface area (Å²) in [6, 6.07) is 16.8. The molecule has 1 heterocycles. The Labute approximate surface area is 141 Å². The molecule has 0 aliphatic carbocycles. The Balaban J connectivity index is 1.77. The minimum atomic E-state index is 0.164. The van der Waals surface area contributed by atoms with Gasteiger partial charge in [0.05, 0.1) is 0 Å². The van der Waals surface area contributed by atoms with Crippen LogP contribution in [0, 0.1) is 6.92 Å². The van der Waals surface area contributed by atoms with E-state index in [9.17, 15) is 0 Å². The zero-order valence-electron chi connectivity index (χ0n) is 13.9. The minimum absolute atomic E-state index is 0.164. The van der Waals surface area contributed by atoms with Gasteiger partial charge in [-0.05, 0) is 30.0 Å². The zero-order chi connectivity index (χ0) is 16.4. The average molecular weight is 323 g/mol. The van der Waals surface area contributed by atoms with Crippen molar-refractivity contribution in [1.82, 2.24) is 10.2 Å². The van der Waals surface area contributed by atoms with Crippen molar-refractivity contribution in [2.24, 2.45) is 0 Å². The number of anilines is 2. The summed E-state index contributed by atoms with van der Waals surface area (Å²) in [5.41, 5.74) is 4.86. The van der Waals surface area contributed by atoms with Crippen molar-refractivity contribution in [3.05, 3.63) is 59.7 Å². The monoisotopic (exact) mass is 323 g/mol. The number of aromatic nitrogens is 2. The lowest BCUT2D eigenvalue weighted by molar-refractivity contribution is 0.590. The molecular weight excluding hydrogens is 302 g/mol. The highest BCUT2D eigenvalue weighted by Crippen LogP contribution is 2.30. The Morgan fingerprint density at radius 2 is 1.52 bits per heavy atom. The third kappa shape index (κ3) is 3.77. The Kier molecular flexibility index (Phi) is 4.18. The van der Waals surface area contributed by atoms with E-state index in [1.165, 1.54) is 11.1 Å². The van der Waals surface area contributed by atoms with E-state index in [2.05, 4.69) is 91.7 Å². The minimum Gasteiger partial charge on any atom is -0.330 e. The molecule has 0 saturated heterocycles. The summed E-state index contributed by atoms with van der Waals surface area (Å²) in [5.74, 6) is 0. The van der Waals surface area contributed by atoms with Crippen molar-refractivity contribution in [2.45, 2.75) is 33.1 Å². The summed E-state index contributed by atoms with van der Waals surface area (Å²) in [5, 5.41) is 13.6. The normalized spacial score (nSPS) is 11.5. The molecule has 4 heteroatoms. The molecule has 1 aromatic heterocycles. The van der Waals surface area contributed by atoms with Crippen LogP contribution in [0.25, 0.3) is 10.6 Å². The van der Waals surface area contributed by atoms with Gasteiger partial charge in [0.2, 0.25) is 5.13 Å².